The Kier molecular flexibility index (Phi) is 4.35. The Morgan fingerprint density at radius 1 is 1.43 bits per heavy atom. The Morgan fingerprint density at radius 2 is 2.14 bits per heavy atom. The number of halogens is 2. The zero-order chi connectivity index (χ0) is 10.6. The van der Waals surface area contributed by atoms with Crippen LogP contribution in [0.5, 0.6) is 0 Å². The molecule has 0 spiro atoms. The molecule has 1 aromatic carbocycles. The van der Waals surface area contributed by atoms with Crippen LogP contribution in [0.3, 0.4) is 0 Å². The zero-order valence-corrected chi connectivity index (χ0v) is 9.00. The normalized spacial score (nSPS) is 12.9. The first-order valence-electron chi connectivity index (χ1n) is 4.39. The van der Waals surface area contributed by atoms with Crippen LogP contribution in [0.1, 0.15) is 6.92 Å². The van der Waals surface area contributed by atoms with E-state index in [4.69, 9.17) is 0 Å². The molecule has 0 saturated carbocycles. The number of rotatable bonds is 4. The van der Waals surface area contributed by atoms with Crippen LogP contribution in [-0.2, 0) is 0 Å². The van der Waals surface area contributed by atoms with Crippen molar-refractivity contribution in [3.63, 3.8) is 0 Å². The van der Waals surface area contributed by atoms with E-state index in [1.165, 1.54) is 23.9 Å². The van der Waals surface area contributed by atoms with Gasteiger partial charge in [-0.05, 0) is 19.2 Å². The first kappa shape index (κ1) is 11.5. The van der Waals surface area contributed by atoms with Gasteiger partial charge in [0.05, 0.1) is 0 Å². The van der Waals surface area contributed by atoms with Crippen molar-refractivity contribution in [1.29, 1.82) is 0 Å². The summed E-state index contributed by atoms with van der Waals surface area (Å²) in [6.45, 7) is 2.78. The molecule has 1 N–H and O–H groups in total. The van der Waals surface area contributed by atoms with Crippen LogP contribution in [0.15, 0.2) is 23.1 Å². The molecule has 0 aliphatic heterocycles. The number of thioether (sulfide) groups is 1. The third kappa shape index (κ3) is 3.27. The minimum absolute atomic E-state index is 0.264. The maximum atomic E-state index is 13.2. The Hall–Kier alpha value is -0.610. The lowest BCUT2D eigenvalue weighted by atomic mass is 10.3. The van der Waals surface area contributed by atoms with Crippen molar-refractivity contribution >= 4 is 11.8 Å². The molecule has 0 heterocycles. The number of hydrogen-bond acceptors (Lipinski definition) is 2. The summed E-state index contributed by atoms with van der Waals surface area (Å²) in [5.74, 6) is -1.02. The van der Waals surface area contributed by atoms with Gasteiger partial charge in [0.15, 0.2) is 0 Å². The Labute approximate surface area is 86.9 Å². The monoisotopic (exact) mass is 217 g/mol. The van der Waals surface area contributed by atoms with Crippen molar-refractivity contribution in [2.45, 2.75) is 17.1 Å². The first-order valence-corrected chi connectivity index (χ1v) is 5.27. The Balaban J connectivity index is 2.67. The van der Waals surface area contributed by atoms with Crippen LogP contribution in [0.4, 0.5) is 8.78 Å². The van der Waals surface area contributed by atoms with Gasteiger partial charge in [0.25, 0.3) is 0 Å². The third-order valence-corrected chi connectivity index (χ3v) is 2.87. The summed E-state index contributed by atoms with van der Waals surface area (Å²) in [5, 5.41) is 3.27. The summed E-state index contributed by atoms with van der Waals surface area (Å²) in [5.41, 5.74) is 0. The highest BCUT2D eigenvalue weighted by Gasteiger charge is 2.08. The average molecular weight is 217 g/mol. The molecular weight excluding hydrogens is 204 g/mol. The van der Waals surface area contributed by atoms with Gasteiger partial charge in [-0.3, -0.25) is 0 Å². The van der Waals surface area contributed by atoms with Crippen LogP contribution in [0.2, 0.25) is 0 Å². The van der Waals surface area contributed by atoms with Gasteiger partial charge in [-0.1, -0.05) is 6.92 Å². The van der Waals surface area contributed by atoms with E-state index in [2.05, 4.69) is 5.32 Å². The molecule has 0 saturated heterocycles. The molecule has 1 unspecified atom stereocenters. The van der Waals surface area contributed by atoms with Crippen molar-refractivity contribution in [2.24, 2.45) is 0 Å². The van der Waals surface area contributed by atoms with Crippen LogP contribution < -0.4 is 5.32 Å². The van der Waals surface area contributed by atoms with Crippen LogP contribution in [0.25, 0.3) is 0 Å². The molecule has 0 bridgehead atoms. The summed E-state index contributed by atoms with van der Waals surface area (Å²) in [7, 11) is 1.85. The van der Waals surface area contributed by atoms with E-state index in [9.17, 15) is 8.78 Å². The van der Waals surface area contributed by atoms with Gasteiger partial charge in [0, 0.05) is 22.8 Å². The quantitative estimate of drug-likeness (QED) is 0.778. The summed E-state index contributed by atoms with van der Waals surface area (Å²) in [4.78, 5) is 0.495. The van der Waals surface area contributed by atoms with E-state index in [1.807, 2.05) is 14.0 Å². The summed E-state index contributed by atoms with van der Waals surface area (Å²) >= 11 is 1.40. The van der Waals surface area contributed by atoms with Crippen molar-refractivity contribution in [3.05, 3.63) is 29.8 Å². The minimum atomic E-state index is -0.534. The molecule has 0 aliphatic carbocycles. The fourth-order valence-corrected chi connectivity index (χ4v) is 2.12. The predicted molar refractivity (Wildman–Crippen MR) is 55.6 cm³/mol. The summed E-state index contributed by atoms with van der Waals surface area (Å²) < 4.78 is 25.7. The van der Waals surface area contributed by atoms with Gasteiger partial charge in [0.1, 0.15) is 11.6 Å². The maximum Gasteiger partial charge on any atom is 0.139 e. The second kappa shape index (κ2) is 5.32. The molecule has 1 rings (SSSR count). The lowest BCUT2D eigenvalue weighted by Crippen LogP contribution is -2.17. The van der Waals surface area contributed by atoms with Gasteiger partial charge in [-0.15, -0.1) is 11.8 Å². The van der Waals surface area contributed by atoms with E-state index in [-0.39, 0.29) is 5.25 Å². The van der Waals surface area contributed by atoms with Gasteiger partial charge in [-0.2, -0.15) is 0 Å². The highest BCUT2D eigenvalue weighted by Crippen LogP contribution is 2.25. The van der Waals surface area contributed by atoms with Crippen LogP contribution >= 0.6 is 11.8 Å². The lowest BCUT2D eigenvalue weighted by Gasteiger charge is -2.10. The maximum absolute atomic E-state index is 13.2. The van der Waals surface area contributed by atoms with Gasteiger partial charge >= 0.3 is 0 Å². The molecule has 1 nitrogen and oxygen atoms in total. The molecular formula is C10H13F2NS. The van der Waals surface area contributed by atoms with Crippen LogP contribution in [0, 0.1) is 11.6 Å². The minimum Gasteiger partial charge on any atom is -0.319 e. The molecule has 1 atom stereocenters. The van der Waals surface area contributed by atoms with E-state index in [0.717, 1.165) is 12.6 Å². The molecule has 0 fully saturated rings. The van der Waals surface area contributed by atoms with E-state index in [1.54, 1.807) is 0 Å². The fraction of sp³-hybridized carbons (Fsp3) is 0.400. The highest BCUT2D eigenvalue weighted by molar-refractivity contribution is 8.00. The van der Waals surface area contributed by atoms with Gasteiger partial charge in [0.2, 0.25) is 0 Å². The highest BCUT2D eigenvalue weighted by atomic mass is 32.2. The molecule has 0 aromatic heterocycles. The summed E-state index contributed by atoms with van der Waals surface area (Å²) in [6.07, 6.45) is 0. The number of benzene rings is 1. The lowest BCUT2D eigenvalue weighted by molar-refractivity contribution is 0.565. The van der Waals surface area contributed by atoms with Crippen molar-refractivity contribution in [3.8, 4) is 0 Å². The zero-order valence-electron chi connectivity index (χ0n) is 8.18. The van der Waals surface area contributed by atoms with Gasteiger partial charge < -0.3 is 5.32 Å². The first-order chi connectivity index (χ1) is 6.63. The number of nitrogens with one attached hydrogen (secondary N) is 1. The van der Waals surface area contributed by atoms with Crippen molar-refractivity contribution in [1.82, 2.24) is 5.32 Å². The number of hydrogen-bond donors (Lipinski definition) is 1. The Morgan fingerprint density at radius 3 is 2.71 bits per heavy atom. The molecule has 0 aliphatic rings. The van der Waals surface area contributed by atoms with Crippen molar-refractivity contribution < 1.29 is 8.78 Å². The van der Waals surface area contributed by atoms with Crippen LogP contribution in [-0.4, -0.2) is 18.8 Å². The topological polar surface area (TPSA) is 12.0 Å². The van der Waals surface area contributed by atoms with E-state index >= 15 is 0 Å². The van der Waals surface area contributed by atoms with E-state index in [0.29, 0.717) is 4.90 Å². The molecule has 0 amide bonds. The predicted octanol–water partition coefficient (Wildman–Crippen LogP) is 2.66. The average Bonchev–Trinajstić information content (AvgIpc) is 2.10. The van der Waals surface area contributed by atoms with Gasteiger partial charge in [-0.25, -0.2) is 8.78 Å². The molecule has 1 aromatic rings. The SMILES string of the molecule is CNCC(C)Sc1ccc(F)cc1F. The second-order valence-corrected chi connectivity index (χ2v) is 4.54. The largest absolute Gasteiger partial charge is 0.319 e. The van der Waals surface area contributed by atoms with E-state index < -0.39 is 11.6 Å². The molecule has 14 heavy (non-hydrogen) atoms. The smallest absolute Gasteiger partial charge is 0.139 e. The van der Waals surface area contributed by atoms with Crippen molar-refractivity contribution in [2.75, 3.05) is 13.6 Å². The standard InChI is InChI=1S/C10H13F2NS/c1-7(6-13-2)14-10-4-3-8(11)5-9(10)12/h3-5,7,13H,6H2,1-2H3. The third-order valence-electron chi connectivity index (χ3n) is 1.71. The second-order valence-electron chi connectivity index (χ2n) is 3.06. The Bertz CT molecular complexity index is 304. The molecule has 78 valence electrons. The summed E-state index contributed by atoms with van der Waals surface area (Å²) in [6, 6.07) is 3.66. The molecule has 0 radical (unpaired) electrons. The fourth-order valence-electron chi connectivity index (χ4n) is 1.12. The molecule has 4 heteroatoms.